The van der Waals surface area contributed by atoms with E-state index in [1.54, 1.807) is 26.0 Å². The van der Waals surface area contributed by atoms with Crippen LogP contribution in [-0.2, 0) is 11.0 Å². The Kier molecular flexibility index (Phi) is 6.56. The van der Waals surface area contributed by atoms with Crippen molar-refractivity contribution in [1.29, 1.82) is 0 Å². The van der Waals surface area contributed by atoms with Gasteiger partial charge < -0.3 is 16.4 Å². The molecule has 2 amide bonds. The van der Waals surface area contributed by atoms with Crippen LogP contribution in [0.25, 0.3) is 0 Å². The fourth-order valence-electron chi connectivity index (χ4n) is 2.48. The Bertz CT molecular complexity index is 885. The lowest BCUT2D eigenvalue weighted by Gasteiger charge is -2.24. The number of halogens is 4. The molecule has 0 aromatic heterocycles. The fraction of sp³-hybridized carbons (Fsp3) is 0.263. The van der Waals surface area contributed by atoms with Crippen molar-refractivity contribution in [2.45, 2.75) is 26.1 Å². The Morgan fingerprint density at radius 3 is 2.32 bits per heavy atom. The zero-order chi connectivity index (χ0) is 21.1. The molecule has 4 N–H and O–H groups in total. The van der Waals surface area contributed by atoms with Gasteiger partial charge in [-0.3, -0.25) is 9.59 Å². The van der Waals surface area contributed by atoms with Gasteiger partial charge in [0, 0.05) is 11.3 Å². The van der Waals surface area contributed by atoms with E-state index in [9.17, 15) is 22.8 Å². The van der Waals surface area contributed by atoms with Gasteiger partial charge >= 0.3 is 6.18 Å². The summed E-state index contributed by atoms with van der Waals surface area (Å²) in [6.45, 7) is 3.55. The lowest BCUT2D eigenvalue weighted by atomic mass is 10.0. The summed E-state index contributed by atoms with van der Waals surface area (Å²) in [7, 11) is 0. The van der Waals surface area contributed by atoms with E-state index in [0.717, 1.165) is 12.1 Å². The van der Waals surface area contributed by atoms with Crippen molar-refractivity contribution in [3.63, 3.8) is 0 Å². The molecule has 0 aliphatic rings. The molecule has 0 aliphatic heterocycles. The van der Waals surface area contributed by atoms with Gasteiger partial charge in [0.2, 0.25) is 11.8 Å². The maximum atomic E-state index is 12.8. The van der Waals surface area contributed by atoms with Crippen LogP contribution in [0.15, 0.2) is 42.5 Å². The number of nitrogens with one attached hydrogen (secondary N) is 2. The number of carbonyl (C=O) groups is 2. The van der Waals surface area contributed by atoms with E-state index in [4.69, 9.17) is 17.3 Å². The maximum Gasteiger partial charge on any atom is 0.416 e. The molecule has 9 heteroatoms. The Balaban J connectivity index is 2.20. The average Bonchev–Trinajstić information content (AvgIpc) is 2.59. The summed E-state index contributed by atoms with van der Waals surface area (Å²) in [5, 5.41) is 5.39. The van der Waals surface area contributed by atoms with Gasteiger partial charge in [-0.25, -0.2) is 0 Å². The predicted octanol–water partition coefficient (Wildman–Crippen LogP) is 4.53. The van der Waals surface area contributed by atoms with E-state index in [-0.39, 0.29) is 22.2 Å². The minimum absolute atomic E-state index is 0.149. The van der Waals surface area contributed by atoms with Crippen molar-refractivity contribution in [1.82, 2.24) is 0 Å². The molecule has 5 nitrogen and oxygen atoms in total. The highest BCUT2D eigenvalue weighted by molar-refractivity contribution is 6.33. The Morgan fingerprint density at radius 1 is 1.11 bits per heavy atom. The molecule has 0 aliphatic carbocycles. The lowest BCUT2D eigenvalue weighted by Crippen LogP contribution is -2.39. The number of nitrogens with two attached hydrogens (primary N) is 1. The predicted molar refractivity (Wildman–Crippen MR) is 102 cm³/mol. The first-order valence-corrected chi connectivity index (χ1v) is 8.71. The minimum atomic E-state index is -4.51. The summed E-state index contributed by atoms with van der Waals surface area (Å²) < 4.78 is 38.3. The van der Waals surface area contributed by atoms with E-state index in [1.807, 2.05) is 0 Å². The van der Waals surface area contributed by atoms with E-state index in [0.29, 0.717) is 5.69 Å². The van der Waals surface area contributed by atoms with E-state index in [2.05, 4.69) is 10.6 Å². The molecule has 2 aromatic carbocycles. The van der Waals surface area contributed by atoms with Gasteiger partial charge in [-0.15, -0.1) is 0 Å². The molecule has 150 valence electrons. The molecule has 1 atom stereocenters. The summed E-state index contributed by atoms with van der Waals surface area (Å²) >= 11 is 5.96. The summed E-state index contributed by atoms with van der Waals surface area (Å²) in [5.74, 6) is -1.28. The quantitative estimate of drug-likeness (QED) is 0.650. The molecule has 0 spiro atoms. The van der Waals surface area contributed by atoms with Gasteiger partial charge in [0.25, 0.3) is 0 Å². The minimum Gasteiger partial charge on any atom is -0.372 e. The van der Waals surface area contributed by atoms with Crippen molar-refractivity contribution in [3.05, 3.63) is 58.6 Å². The van der Waals surface area contributed by atoms with Gasteiger partial charge in [0.1, 0.15) is 6.04 Å². The second kappa shape index (κ2) is 8.52. The first kappa shape index (κ1) is 21.6. The topological polar surface area (TPSA) is 84.2 Å². The molecule has 0 fully saturated rings. The van der Waals surface area contributed by atoms with Crippen LogP contribution in [0.3, 0.4) is 0 Å². The van der Waals surface area contributed by atoms with Crippen LogP contribution < -0.4 is 16.4 Å². The van der Waals surface area contributed by atoms with Crippen molar-refractivity contribution in [2.24, 2.45) is 11.7 Å². The summed E-state index contributed by atoms with van der Waals surface area (Å²) in [6.07, 6.45) is -4.51. The highest BCUT2D eigenvalue weighted by Crippen LogP contribution is 2.34. The molecule has 2 rings (SSSR count). The molecule has 2 aromatic rings. The largest absolute Gasteiger partial charge is 0.416 e. The van der Waals surface area contributed by atoms with Gasteiger partial charge in [-0.1, -0.05) is 31.5 Å². The van der Waals surface area contributed by atoms with E-state index < -0.39 is 29.6 Å². The second-order valence-corrected chi connectivity index (χ2v) is 6.90. The van der Waals surface area contributed by atoms with E-state index in [1.165, 1.54) is 18.2 Å². The van der Waals surface area contributed by atoms with Crippen LogP contribution in [0, 0.1) is 5.92 Å². The monoisotopic (exact) mass is 413 g/mol. The van der Waals surface area contributed by atoms with Crippen molar-refractivity contribution in [3.8, 4) is 0 Å². The summed E-state index contributed by atoms with van der Waals surface area (Å²) in [5.41, 5.74) is 5.15. The molecule has 0 saturated heterocycles. The number of primary amides is 1. The van der Waals surface area contributed by atoms with Crippen LogP contribution in [0.5, 0.6) is 0 Å². The van der Waals surface area contributed by atoms with Gasteiger partial charge in [-0.2, -0.15) is 13.2 Å². The van der Waals surface area contributed by atoms with Gasteiger partial charge in [-0.05, 0) is 42.3 Å². The third kappa shape index (κ3) is 5.39. The van der Waals surface area contributed by atoms with Crippen LogP contribution in [0.2, 0.25) is 5.02 Å². The number of anilines is 2. The normalized spacial score (nSPS) is 12.5. The van der Waals surface area contributed by atoms with Crippen LogP contribution in [-0.4, -0.2) is 17.9 Å². The molecule has 0 bridgehead atoms. The number of benzene rings is 2. The van der Waals surface area contributed by atoms with Gasteiger partial charge in [0.15, 0.2) is 0 Å². The third-order valence-corrected chi connectivity index (χ3v) is 4.28. The summed E-state index contributed by atoms with van der Waals surface area (Å²) in [4.78, 5) is 23.9. The Labute approximate surface area is 165 Å². The van der Waals surface area contributed by atoms with Crippen molar-refractivity contribution >= 4 is 34.8 Å². The Hall–Kier alpha value is -2.74. The van der Waals surface area contributed by atoms with Crippen LogP contribution >= 0.6 is 11.6 Å². The smallest absolute Gasteiger partial charge is 0.372 e. The van der Waals surface area contributed by atoms with E-state index >= 15 is 0 Å². The molecule has 0 radical (unpaired) electrons. The maximum absolute atomic E-state index is 12.8. The summed E-state index contributed by atoms with van der Waals surface area (Å²) in [6, 6.07) is 8.19. The number of hydrogen-bond acceptors (Lipinski definition) is 3. The molecular weight excluding hydrogens is 395 g/mol. The second-order valence-electron chi connectivity index (χ2n) is 6.49. The zero-order valence-electron chi connectivity index (χ0n) is 15.1. The molecule has 0 heterocycles. The number of amides is 2. The van der Waals surface area contributed by atoms with Crippen molar-refractivity contribution in [2.75, 3.05) is 10.6 Å². The average molecular weight is 414 g/mol. The Morgan fingerprint density at radius 2 is 1.79 bits per heavy atom. The number of rotatable bonds is 6. The standard InChI is InChI=1S/C19H19ClF3N3O2/c1-10(2)16(18(28)25-13-5-3-4-11(8-13)17(24)27)26-15-7-6-12(9-14(15)20)19(21,22)23/h3-10,16,26H,1-2H3,(H2,24,27)(H,25,28). The van der Waals surface area contributed by atoms with Crippen molar-refractivity contribution < 1.29 is 22.8 Å². The highest BCUT2D eigenvalue weighted by Gasteiger charge is 2.31. The van der Waals surface area contributed by atoms with Crippen LogP contribution in [0.4, 0.5) is 24.5 Å². The van der Waals surface area contributed by atoms with Crippen LogP contribution in [0.1, 0.15) is 29.8 Å². The number of carbonyl (C=O) groups excluding carboxylic acids is 2. The molecule has 28 heavy (non-hydrogen) atoms. The fourth-order valence-corrected chi connectivity index (χ4v) is 2.72. The molecular formula is C19H19ClF3N3O2. The SMILES string of the molecule is CC(C)C(Nc1ccc(C(F)(F)F)cc1Cl)C(=O)Nc1cccc(C(N)=O)c1. The number of hydrogen-bond donors (Lipinski definition) is 3. The third-order valence-electron chi connectivity index (χ3n) is 3.97. The number of alkyl halides is 3. The first-order chi connectivity index (χ1) is 13.0. The van der Waals surface area contributed by atoms with Gasteiger partial charge in [0.05, 0.1) is 16.3 Å². The molecule has 0 saturated carbocycles. The lowest BCUT2D eigenvalue weighted by molar-refractivity contribution is -0.137. The molecule has 1 unspecified atom stereocenters. The first-order valence-electron chi connectivity index (χ1n) is 8.33. The zero-order valence-corrected chi connectivity index (χ0v) is 15.9. The highest BCUT2D eigenvalue weighted by atomic mass is 35.5.